The Kier molecular flexibility index (Phi) is 4.67. The van der Waals surface area contributed by atoms with Crippen molar-refractivity contribution in [1.29, 1.82) is 0 Å². The van der Waals surface area contributed by atoms with Crippen LogP contribution in [0.3, 0.4) is 0 Å². The van der Waals surface area contributed by atoms with Crippen LogP contribution in [0.15, 0.2) is 24.4 Å². The molecule has 3 aliphatic heterocycles. The highest BCUT2D eigenvalue weighted by atomic mass is 16.5. The van der Waals surface area contributed by atoms with Crippen LogP contribution in [0.1, 0.15) is 25.7 Å². The average molecular weight is 331 g/mol. The molecular weight excluding hydrogens is 306 g/mol. The minimum absolute atomic E-state index is 0.0388. The zero-order valence-corrected chi connectivity index (χ0v) is 13.9. The van der Waals surface area contributed by atoms with E-state index in [-0.39, 0.29) is 24.2 Å². The summed E-state index contributed by atoms with van der Waals surface area (Å²) < 4.78 is 11.4. The van der Waals surface area contributed by atoms with Crippen LogP contribution in [0.2, 0.25) is 0 Å². The van der Waals surface area contributed by atoms with Gasteiger partial charge in [0.05, 0.1) is 12.1 Å². The number of pyridine rings is 1. The smallest absolute Gasteiger partial charge is 0.249 e. The third-order valence-electron chi connectivity index (χ3n) is 5.42. The first kappa shape index (κ1) is 15.8. The van der Waals surface area contributed by atoms with Crippen LogP contribution >= 0.6 is 0 Å². The second kappa shape index (κ2) is 7.07. The van der Waals surface area contributed by atoms with Crippen molar-refractivity contribution in [1.82, 2.24) is 10.3 Å². The number of rotatable bonds is 4. The molecule has 1 amide bonds. The summed E-state index contributed by atoms with van der Waals surface area (Å²) in [6.45, 7) is 3.30. The minimum atomic E-state index is -0.327. The summed E-state index contributed by atoms with van der Waals surface area (Å²) in [6.07, 6.45) is 5.41. The zero-order valence-electron chi connectivity index (χ0n) is 13.9. The van der Waals surface area contributed by atoms with E-state index in [9.17, 15) is 4.79 Å². The maximum atomic E-state index is 12.5. The van der Waals surface area contributed by atoms with Crippen molar-refractivity contribution in [2.24, 2.45) is 5.92 Å². The van der Waals surface area contributed by atoms with Crippen molar-refractivity contribution in [2.75, 3.05) is 31.2 Å². The van der Waals surface area contributed by atoms with Crippen LogP contribution in [-0.2, 0) is 14.3 Å². The second-order valence-electron chi connectivity index (χ2n) is 6.94. The largest absolute Gasteiger partial charge is 0.381 e. The van der Waals surface area contributed by atoms with E-state index in [1.54, 1.807) is 0 Å². The molecule has 0 aliphatic carbocycles. The van der Waals surface area contributed by atoms with Crippen LogP contribution < -0.4 is 10.2 Å². The lowest BCUT2D eigenvalue weighted by atomic mass is 10.0. The summed E-state index contributed by atoms with van der Waals surface area (Å²) in [7, 11) is 0. The van der Waals surface area contributed by atoms with Crippen molar-refractivity contribution >= 4 is 11.7 Å². The molecule has 130 valence electrons. The summed E-state index contributed by atoms with van der Waals surface area (Å²) >= 11 is 0. The quantitative estimate of drug-likeness (QED) is 0.903. The van der Waals surface area contributed by atoms with Gasteiger partial charge >= 0.3 is 0 Å². The Balaban J connectivity index is 1.32. The third kappa shape index (κ3) is 3.26. The number of amides is 1. The summed E-state index contributed by atoms with van der Waals surface area (Å²) in [5, 5.41) is 3.08. The molecule has 1 aromatic rings. The van der Waals surface area contributed by atoms with Gasteiger partial charge < -0.3 is 19.7 Å². The minimum Gasteiger partial charge on any atom is -0.381 e. The number of nitrogens with zero attached hydrogens (tertiary/aromatic N) is 2. The lowest BCUT2D eigenvalue weighted by Crippen LogP contribution is -2.39. The molecule has 0 spiro atoms. The zero-order chi connectivity index (χ0) is 16.4. The molecule has 4 heterocycles. The molecule has 6 nitrogen and oxygen atoms in total. The van der Waals surface area contributed by atoms with Crippen LogP contribution in [-0.4, -0.2) is 55.4 Å². The van der Waals surface area contributed by atoms with Gasteiger partial charge in [0.2, 0.25) is 5.91 Å². The number of fused-ring (bicyclic) bond motifs is 1. The van der Waals surface area contributed by atoms with Crippen molar-refractivity contribution in [3.8, 4) is 0 Å². The molecule has 1 N–H and O–H groups in total. The number of carbonyl (C=O) groups is 1. The SMILES string of the molecule is O=C(NCC1CCOCC1)[C@@H]1C[C@@H]2[C@@H](CCN2c2ccccn2)O1. The fourth-order valence-electron chi connectivity index (χ4n) is 4.04. The number of hydrogen-bond acceptors (Lipinski definition) is 5. The maximum Gasteiger partial charge on any atom is 0.249 e. The number of anilines is 1. The van der Waals surface area contributed by atoms with Gasteiger partial charge in [0, 0.05) is 38.9 Å². The summed E-state index contributed by atoms with van der Waals surface area (Å²) in [5.74, 6) is 1.56. The molecule has 0 radical (unpaired) electrons. The predicted octanol–water partition coefficient (Wildman–Crippen LogP) is 1.36. The Morgan fingerprint density at radius 1 is 1.29 bits per heavy atom. The highest BCUT2D eigenvalue weighted by Crippen LogP contribution is 2.35. The Labute approximate surface area is 142 Å². The number of nitrogens with one attached hydrogen (secondary N) is 1. The predicted molar refractivity (Wildman–Crippen MR) is 89.8 cm³/mol. The van der Waals surface area contributed by atoms with Crippen LogP contribution in [0, 0.1) is 5.92 Å². The number of ether oxygens (including phenoxy) is 2. The van der Waals surface area contributed by atoms with E-state index in [0.717, 1.165) is 57.8 Å². The average Bonchev–Trinajstić information content (AvgIpc) is 3.22. The van der Waals surface area contributed by atoms with Gasteiger partial charge in [-0.2, -0.15) is 0 Å². The molecule has 1 aromatic heterocycles. The second-order valence-corrected chi connectivity index (χ2v) is 6.94. The van der Waals surface area contributed by atoms with E-state index in [1.807, 2.05) is 24.4 Å². The first-order valence-corrected chi connectivity index (χ1v) is 9.00. The Morgan fingerprint density at radius 3 is 2.96 bits per heavy atom. The van der Waals surface area contributed by atoms with E-state index in [1.165, 1.54) is 0 Å². The lowest BCUT2D eigenvalue weighted by Gasteiger charge is -2.24. The van der Waals surface area contributed by atoms with Gasteiger partial charge in [-0.3, -0.25) is 4.79 Å². The van der Waals surface area contributed by atoms with Gasteiger partial charge in [-0.1, -0.05) is 6.07 Å². The van der Waals surface area contributed by atoms with E-state index in [4.69, 9.17) is 9.47 Å². The Bertz CT molecular complexity index is 562. The maximum absolute atomic E-state index is 12.5. The summed E-state index contributed by atoms with van der Waals surface area (Å²) in [6, 6.07) is 6.22. The number of carbonyl (C=O) groups excluding carboxylic acids is 1. The molecule has 0 unspecified atom stereocenters. The fourth-order valence-corrected chi connectivity index (χ4v) is 4.04. The van der Waals surface area contributed by atoms with E-state index in [0.29, 0.717) is 5.92 Å². The molecule has 6 heteroatoms. The molecule has 24 heavy (non-hydrogen) atoms. The molecular formula is C18H25N3O3. The standard InChI is InChI=1S/C18H25N3O3/c22-18(20-12-13-5-9-23-10-6-13)16-11-14-15(24-16)4-8-21(14)17-3-1-2-7-19-17/h1-3,7,13-16H,4-6,8-12H2,(H,20,22)/t14-,15-,16+/m1/s1. The van der Waals surface area contributed by atoms with Crippen LogP contribution in [0.25, 0.3) is 0 Å². The van der Waals surface area contributed by atoms with Crippen molar-refractivity contribution in [2.45, 2.75) is 43.9 Å². The van der Waals surface area contributed by atoms with E-state index in [2.05, 4.69) is 15.2 Å². The molecule has 0 aromatic carbocycles. The van der Waals surface area contributed by atoms with Gasteiger partial charge in [0.25, 0.3) is 0 Å². The molecule has 0 saturated carbocycles. The molecule has 0 bridgehead atoms. The molecule has 3 aliphatic rings. The fraction of sp³-hybridized carbons (Fsp3) is 0.667. The molecule has 4 rings (SSSR count). The normalized spacial score (nSPS) is 30.3. The summed E-state index contributed by atoms with van der Waals surface area (Å²) in [4.78, 5) is 19.2. The van der Waals surface area contributed by atoms with Crippen molar-refractivity contribution < 1.29 is 14.3 Å². The van der Waals surface area contributed by atoms with Gasteiger partial charge in [-0.15, -0.1) is 0 Å². The topological polar surface area (TPSA) is 63.7 Å². The first-order chi connectivity index (χ1) is 11.8. The Morgan fingerprint density at radius 2 is 2.17 bits per heavy atom. The van der Waals surface area contributed by atoms with Crippen LogP contribution in [0.5, 0.6) is 0 Å². The van der Waals surface area contributed by atoms with Crippen LogP contribution in [0.4, 0.5) is 5.82 Å². The van der Waals surface area contributed by atoms with Crippen molar-refractivity contribution in [3.05, 3.63) is 24.4 Å². The monoisotopic (exact) mass is 331 g/mol. The van der Waals surface area contributed by atoms with E-state index >= 15 is 0 Å². The third-order valence-corrected chi connectivity index (χ3v) is 5.42. The molecule has 3 atom stereocenters. The van der Waals surface area contributed by atoms with Crippen molar-refractivity contribution in [3.63, 3.8) is 0 Å². The lowest BCUT2D eigenvalue weighted by molar-refractivity contribution is -0.132. The van der Waals surface area contributed by atoms with Gasteiger partial charge in [-0.05, 0) is 37.3 Å². The highest BCUT2D eigenvalue weighted by Gasteiger charge is 2.46. The number of hydrogen-bond donors (Lipinski definition) is 1. The first-order valence-electron chi connectivity index (χ1n) is 9.00. The number of aromatic nitrogens is 1. The molecule has 3 saturated heterocycles. The van der Waals surface area contributed by atoms with Gasteiger partial charge in [0.15, 0.2) is 0 Å². The Hall–Kier alpha value is -1.66. The van der Waals surface area contributed by atoms with Gasteiger partial charge in [0.1, 0.15) is 11.9 Å². The highest BCUT2D eigenvalue weighted by molar-refractivity contribution is 5.81. The summed E-state index contributed by atoms with van der Waals surface area (Å²) in [5.41, 5.74) is 0. The van der Waals surface area contributed by atoms with Gasteiger partial charge in [-0.25, -0.2) is 4.98 Å². The molecule has 3 fully saturated rings. The van der Waals surface area contributed by atoms with E-state index < -0.39 is 0 Å².